The van der Waals surface area contributed by atoms with Crippen LogP contribution < -0.4 is 5.32 Å². The molecule has 1 atom stereocenters. The molecule has 0 radical (unpaired) electrons. The van der Waals surface area contributed by atoms with Crippen molar-refractivity contribution in [1.29, 1.82) is 0 Å². The van der Waals surface area contributed by atoms with Crippen LogP contribution in [0.3, 0.4) is 0 Å². The smallest absolute Gasteiger partial charge is 0.138 e. The van der Waals surface area contributed by atoms with Crippen molar-refractivity contribution in [1.82, 2.24) is 20.1 Å². The first-order valence-corrected chi connectivity index (χ1v) is 7.74. The molecule has 21 heavy (non-hydrogen) atoms. The van der Waals surface area contributed by atoms with Gasteiger partial charge < -0.3 is 5.32 Å². The standard InChI is InChI=1S/C16H23ClN4/c1-12(2)10-21-16(19-11-20-21)8-14(9-18-3)13-5-4-6-15(17)7-13/h4-7,11-12,14,18H,8-10H2,1-3H3. The first-order valence-electron chi connectivity index (χ1n) is 7.37. The number of hydrogen-bond donors (Lipinski definition) is 1. The SMILES string of the molecule is CNCC(Cc1ncnn1CC(C)C)c1cccc(Cl)c1. The highest BCUT2D eigenvalue weighted by atomic mass is 35.5. The van der Waals surface area contributed by atoms with Gasteiger partial charge in [0, 0.05) is 30.5 Å². The van der Waals surface area contributed by atoms with Gasteiger partial charge in [0.15, 0.2) is 0 Å². The molecule has 0 fully saturated rings. The van der Waals surface area contributed by atoms with E-state index >= 15 is 0 Å². The molecule has 0 aliphatic rings. The number of aromatic nitrogens is 3. The van der Waals surface area contributed by atoms with Crippen LogP contribution in [0.25, 0.3) is 0 Å². The monoisotopic (exact) mass is 306 g/mol. The predicted molar refractivity (Wildman–Crippen MR) is 86.7 cm³/mol. The van der Waals surface area contributed by atoms with Crippen LogP contribution >= 0.6 is 11.6 Å². The molecule has 2 aromatic rings. The van der Waals surface area contributed by atoms with Gasteiger partial charge in [0.1, 0.15) is 12.2 Å². The van der Waals surface area contributed by atoms with E-state index in [2.05, 4.69) is 35.3 Å². The highest BCUT2D eigenvalue weighted by molar-refractivity contribution is 6.30. The van der Waals surface area contributed by atoms with Crippen LogP contribution in [0.15, 0.2) is 30.6 Å². The second-order valence-corrected chi connectivity index (χ2v) is 6.20. The fourth-order valence-corrected chi connectivity index (χ4v) is 2.68. The lowest BCUT2D eigenvalue weighted by molar-refractivity contribution is 0.456. The Bertz CT molecular complexity index is 565. The minimum Gasteiger partial charge on any atom is -0.319 e. The van der Waals surface area contributed by atoms with Gasteiger partial charge in [-0.05, 0) is 30.7 Å². The number of nitrogens with zero attached hydrogens (tertiary/aromatic N) is 3. The van der Waals surface area contributed by atoms with Crippen LogP contribution in [-0.4, -0.2) is 28.4 Å². The molecule has 1 aromatic heterocycles. The van der Waals surface area contributed by atoms with E-state index in [1.165, 1.54) is 5.56 Å². The van der Waals surface area contributed by atoms with Crippen LogP contribution in [0.1, 0.15) is 31.2 Å². The minimum atomic E-state index is 0.337. The van der Waals surface area contributed by atoms with Gasteiger partial charge in [-0.15, -0.1) is 0 Å². The van der Waals surface area contributed by atoms with E-state index in [4.69, 9.17) is 11.6 Å². The number of halogens is 1. The summed E-state index contributed by atoms with van der Waals surface area (Å²) in [4.78, 5) is 4.43. The molecule has 0 bridgehead atoms. The van der Waals surface area contributed by atoms with Gasteiger partial charge in [0.25, 0.3) is 0 Å². The van der Waals surface area contributed by atoms with Gasteiger partial charge in [-0.1, -0.05) is 37.6 Å². The van der Waals surface area contributed by atoms with E-state index in [0.717, 1.165) is 30.4 Å². The van der Waals surface area contributed by atoms with E-state index in [9.17, 15) is 0 Å². The van der Waals surface area contributed by atoms with Gasteiger partial charge in [-0.3, -0.25) is 0 Å². The molecule has 1 heterocycles. The summed E-state index contributed by atoms with van der Waals surface area (Å²) in [6.45, 7) is 6.16. The summed E-state index contributed by atoms with van der Waals surface area (Å²) in [6.07, 6.45) is 2.50. The average molecular weight is 307 g/mol. The van der Waals surface area contributed by atoms with E-state index in [-0.39, 0.29) is 0 Å². The summed E-state index contributed by atoms with van der Waals surface area (Å²) in [5.74, 6) is 1.92. The maximum atomic E-state index is 6.12. The first-order chi connectivity index (χ1) is 10.1. The predicted octanol–water partition coefficient (Wildman–Crippen LogP) is 3.13. The van der Waals surface area contributed by atoms with Crippen molar-refractivity contribution in [3.05, 3.63) is 47.0 Å². The van der Waals surface area contributed by atoms with Crippen LogP contribution in [-0.2, 0) is 13.0 Å². The summed E-state index contributed by atoms with van der Waals surface area (Å²) in [5.41, 5.74) is 1.23. The van der Waals surface area contributed by atoms with Gasteiger partial charge in [0.2, 0.25) is 0 Å². The fraction of sp³-hybridized carbons (Fsp3) is 0.500. The Kier molecular flexibility index (Phi) is 5.76. The molecular weight excluding hydrogens is 284 g/mol. The van der Waals surface area contributed by atoms with Crippen molar-refractivity contribution in [2.24, 2.45) is 5.92 Å². The Morgan fingerprint density at radius 3 is 2.81 bits per heavy atom. The second kappa shape index (κ2) is 7.57. The summed E-state index contributed by atoms with van der Waals surface area (Å²) in [6, 6.07) is 8.06. The number of hydrogen-bond acceptors (Lipinski definition) is 3. The molecular formula is C16H23ClN4. The molecule has 2 rings (SSSR count). The molecule has 1 aromatic carbocycles. The first kappa shape index (κ1) is 16.0. The fourth-order valence-electron chi connectivity index (χ4n) is 2.48. The minimum absolute atomic E-state index is 0.337. The van der Waals surface area contributed by atoms with E-state index in [0.29, 0.717) is 11.8 Å². The van der Waals surface area contributed by atoms with Crippen molar-refractivity contribution in [2.75, 3.05) is 13.6 Å². The van der Waals surface area contributed by atoms with Crippen molar-refractivity contribution in [3.8, 4) is 0 Å². The second-order valence-electron chi connectivity index (χ2n) is 5.77. The maximum Gasteiger partial charge on any atom is 0.138 e. The van der Waals surface area contributed by atoms with Gasteiger partial charge in [0.05, 0.1) is 0 Å². The number of rotatable bonds is 7. The zero-order valence-corrected chi connectivity index (χ0v) is 13.6. The quantitative estimate of drug-likeness (QED) is 0.854. The Labute approximate surface area is 131 Å². The van der Waals surface area contributed by atoms with Crippen molar-refractivity contribution in [2.45, 2.75) is 32.7 Å². The largest absolute Gasteiger partial charge is 0.319 e. The molecule has 0 saturated heterocycles. The molecule has 0 spiro atoms. The normalized spacial score (nSPS) is 12.8. The number of likely N-dealkylation sites (N-methyl/N-ethyl adjacent to an activating group) is 1. The van der Waals surface area contributed by atoms with Crippen molar-refractivity contribution < 1.29 is 0 Å². The van der Waals surface area contributed by atoms with E-state index in [1.807, 2.05) is 29.9 Å². The molecule has 4 nitrogen and oxygen atoms in total. The molecule has 0 aliphatic heterocycles. The molecule has 114 valence electrons. The van der Waals surface area contributed by atoms with Gasteiger partial charge in [-0.2, -0.15) is 5.10 Å². The lowest BCUT2D eigenvalue weighted by Crippen LogP contribution is -2.21. The highest BCUT2D eigenvalue weighted by Gasteiger charge is 2.16. The van der Waals surface area contributed by atoms with Crippen LogP contribution in [0.2, 0.25) is 5.02 Å². The topological polar surface area (TPSA) is 42.7 Å². The molecule has 0 amide bonds. The van der Waals surface area contributed by atoms with Gasteiger partial charge >= 0.3 is 0 Å². The Morgan fingerprint density at radius 2 is 2.14 bits per heavy atom. The summed E-state index contributed by atoms with van der Waals surface area (Å²) >= 11 is 6.12. The third kappa shape index (κ3) is 4.55. The summed E-state index contributed by atoms with van der Waals surface area (Å²) in [7, 11) is 1.97. The zero-order chi connectivity index (χ0) is 15.2. The Balaban J connectivity index is 2.18. The highest BCUT2D eigenvalue weighted by Crippen LogP contribution is 2.22. The lowest BCUT2D eigenvalue weighted by atomic mass is 9.95. The van der Waals surface area contributed by atoms with Crippen LogP contribution in [0, 0.1) is 5.92 Å². The third-order valence-electron chi connectivity index (χ3n) is 3.43. The maximum absolute atomic E-state index is 6.12. The molecule has 1 N–H and O–H groups in total. The molecule has 0 saturated carbocycles. The Hall–Kier alpha value is -1.39. The number of nitrogens with one attached hydrogen (secondary N) is 1. The molecule has 0 aliphatic carbocycles. The third-order valence-corrected chi connectivity index (χ3v) is 3.67. The number of benzene rings is 1. The van der Waals surface area contributed by atoms with E-state index in [1.54, 1.807) is 6.33 Å². The van der Waals surface area contributed by atoms with Gasteiger partial charge in [-0.25, -0.2) is 9.67 Å². The van der Waals surface area contributed by atoms with Crippen LogP contribution in [0.4, 0.5) is 0 Å². The summed E-state index contributed by atoms with van der Waals surface area (Å²) in [5, 5.41) is 8.37. The average Bonchev–Trinajstić information content (AvgIpc) is 2.85. The van der Waals surface area contributed by atoms with Crippen LogP contribution in [0.5, 0.6) is 0 Å². The zero-order valence-electron chi connectivity index (χ0n) is 12.9. The van der Waals surface area contributed by atoms with E-state index < -0.39 is 0 Å². The lowest BCUT2D eigenvalue weighted by Gasteiger charge is -2.18. The van der Waals surface area contributed by atoms with Crippen molar-refractivity contribution in [3.63, 3.8) is 0 Å². The Morgan fingerprint density at radius 1 is 1.33 bits per heavy atom. The molecule has 1 unspecified atom stereocenters. The van der Waals surface area contributed by atoms with Crippen molar-refractivity contribution >= 4 is 11.6 Å². The molecule has 5 heteroatoms. The summed E-state index contributed by atoms with van der Waals surface area (Å²) < 4.78 is 2.01.